The van der Waals surface area contributed by atoms with E-state index in [0.717, 1.165) is 12.1 Å². The molecule has 0 radical (unpaired) electrons. The average Bonchev–Trinajstić information content (AvgIpc) is 2.40. The van der Waals surface area contributed by atoms with Crippen LogP contribution in [0.2, 0.25) is 0 Å². The number of hydrogen-bond donors (Lipinski definition) is 1. The summed E-state index contributed by atoms with van der Waals surface area (Å²) >= 11 is 0. The molecule has 104 valence electrons. The van der Waals surface area contributed by atoms with Crippen molar-refractivity contribution in [1.29, 1.82) is 0 Å². The molecule has 0 heterocycles. The van der Waals surface area contributed by atoms with Gasteiger partial charge >= 0.3 is 0 Å². The number of nitrogens with two attached hydrogens (primary N) is 1. The van der Waals surface area contributed by atoms with Crippen LogP contribution in [0.25, 0.3) is 0 Å². The number of aryl methyl sites for hydroxylation is 1. The Labute approximate surface area is 115 Å². The molecule has 2 aromatic carbocycles. The summed E-state index contributed by atoms with van der Waals surface area (Å²) in [5.41, 5.74) is 6.11. The summed E-state index contributed by atoms with van der Waals surface area (Å²) in [4.78, 5) is 12.3. The molecule has 0 saturated heterocycles. The third kappa shape index (κ3) is 2.34. The number of anilines is 1. The minimum Gasteiger partial charge on any atom is -0.497 e. The summed E-state index contributed by atoms with van der Waals surface area (Å²) in [7, 11) is 1.29. The van der Waals surface area contributed by atoms with Crippen molar-refractivity contribution in [3.8, 4) is 5.75 Å². The SMILES string of the molecule is COc1cc(F)c(C(=O)c2cccc(C)c2N)c(F)c1. The molecule has 3 nitrogen and oxygen atoms in total. The number of rotatable bonds is 3. The molecule has 5 heteroatoms. The maximum Gasteiger partial charge on any atom is 0.201 e. The summed E-state index contributed by atoms with van der Waals surface area (Å²) in [6, 6.07) is 6.68. The fraction of sp³-hybridized carbons (Fsp3) is 0.133. The number of carbonyl (C=O) groups is 1. The van der Waals surface area contributed by atoms with E-state index in [1.807, 2.05) is 0 Å². The number of methoxy groups -OCH3 is 1. The number of ether oxygens (including phenoxy) is 1. The quantitative estimate of drug-likeness (QED) is 0.693. The lowest BCUT2D eigenvalue weighted by atomic mass is 9.98. The third-order valence-corrected chi connectivity index (χ3v) is 3.05. The highest BCUT2D eigenvalue weighted by Gasteiger charge is 2.22. The van der Waals surface area contributed by atoms with Gasteiger partial charge in [-0.15, -0.1) is 0 Å². The van der Waals surface area contributed by atoms with Gasteiger partial charge in [-0.3, -0.25) is 4.79 Å². The maximum absolute atomic E-state index is 13.9. The minimum atomic E-state index is -0.979. The minimum absolute atomic E-state index is 0.00811. The number of hydrogen-bond acceptors (Lipinski definition) is 3. The van der Waals surface area contributed by atoms with Gasteiger partial charge in [-0.1, -0.05) is 12.1 Å². The second-order valence-corrected chi connectivity index (χ2v) is 4.33. The molecule has 0 saturated carbocycles. The molecule has 0 aliphatic heterocycles. The van der Waals surface area contributed by atoms with Gasteiger partial charge in [0.15, 0.2) is 0 Å². The fourth-order valence-corrected chi connectivity index (χ4v) is 1.90. The summed E-state index contributed by atoms with van der Waals surface area (Å²) in [5.74, 6) is -2.74. The van der Waals surface area contributed by atoms with Crippen LogP contribution in [0.5, 0.6) is 5.75 Å². The first-order valence-electron chi connectivity index (χ1n) is 5.88. The van der Waals surface area contributed by atoms with Crippen LogP contribution in [-0.4, -0.2) is 12.9 Å². The van der Waals surface area contributed by atoms with E-state index in [4.69, 9.17) is 10.5 Å². The molecule has 0 amide bonds. The van der Waals surface area contributed by atoms with Gasteiger partial charge in [0.05, 0.1) is 12.7 Å². The Kier molecular flexibility index (Phi) is 3.70. The number of nitrogen functional groups attached to an aromatic ring is 1. The third-order valence-electron chi connectivity index (χ3n) is 3.05. The topological polar surface area (TPSA) is 52.3 Å². The largest absolute Gasteiger partial charge is 0.497 e. The maximum atomic E-state index is 13.9. The van der Waals surface area contributed by atoms with Gasteiger partial charge in [-0.05, 0) is 18.6 Å². The van der Waals surface area contributed by atoms with E-state index in [1.165, 1.54) is 13.2 Å². The molecule has 0 fully saturated rings. The number of para-hydroxylation sites is 1. The molecule has 2 rings (SSSR count). The van der Waals surface area contributed by atoms with Gasteiger partial charge < -0.3 is 10.5 Å². The van der Waals surface area contributed by atoms with Crippen molar-refractivity contribution in [2.75, 3.05) is 12.8 Å². The van der Waals surface area contributed by atoms with Crippen molar-refractivity contribution >= 4 is 11.5 Å². The lowest BCUT2D eigenvalue weighted by molar-refractivity contribution is 0.103. The predicted octanol–water partition coefficient (Wildman–Crippen LogP) is 3.10. The lowest BCUT2D eigenvalue weighted by Gasteiger charge is -2.10. The first-order valence-corrected chi connectivity index (χ1v) is 5.88. The van der Waals surface area contributed by atoms with Gasteiger partial charge in [0.2, 0.25) is 5.78 Å². The van der Waals surface area contributed by atoms with Crippen molar-refractivity contribution in [1.82, 2.24) is 0 Å². The van der Waals surface area contributed by atoms with E-state index < -0.39 is 23.0 Å². The Morgan fingerprint density at radius 3 is 2.35 bits per heavy atom. The number of ketones is 1. The molecule has 0 bridgehead atoms. The molecule has 0 aromatic heterocycles. The summed E-state index contributed by atoms with van der Waals surface area (Å²) in [6.45, 7) is 1.72. The second-order valence-electron chi connectivity index (χ2n) is 4.33. The Bertz CT molecular complexity index is 661. The first kappa shape index (κ1) is 14.0. The van der Waals surface area contributed by atoms with E-state index in [2.05, 4.69) is 0 Å². The molecular weight excluding hydrogens is 264 g/mol. The molecular formula is C15H13F2NO2. The second kappa shape index (κ2) is 5.28. The smallest absolute Gasteiger partial charge is 0.201 e. The van der Waals surface area contributed by atoms with Gasteiger partial charge in [0.1, 0.15) is 17.4 Å². The van der Waals surface area contributed by atoms with E-state index in [1.54, 1.807) is 19.1 Å². The molecule has 0 atom stereocenters. The zero-order chi connectivity index (χ0) is 14.9. The highest BCUT2D eigenvalue weighted by molar-refractivity contribution is 6.12. The van der Waals surface area contributed by atoms with Crippen LogP contribution in [0.3, 0.4) is 0 Å². The van der Waals surface area contributed by atoms with Gasteiger partial charge in [-0.2, -0.15) is 0 Å². The number of carbonyl (C=O) groups excluding carboxylic acids is 1. The molecule has 2 N–H and O–H groups in total. The van der Waals surface area contributed by atoms with Crippen LogP contribution in [0.4, 0.5) is 14.5 Å². The number of benzene rings is 2. The summed E-state index contributed by atoms with van der Waals surface area (Å²) < 4.78 is 32.5. The van der Waals surface area contributed by atoms with Crippen LogP contribution in [0, 0.1) is 18.6 Å². The van der Waals surface area contributed by atoms with Crippen LogP contribution in [0.1, 0.15) is 21.5 Å². The van der Waals surface area contributed by atoms with Crippen molar-refractivity contribution in [3.63, 3.8) is 0 Å². The van der Waals surface area contributed by atoms with Crippen LogP contribution >= 0.6 is 0 Å². The van der Waals surface area contributed by atoms with Gasteiger partial charge in [0, 0.05) is 23.4 Å². The first-order chi connectivity index (χ1) is 9.45. The molecule has 0 aliphatic rings. The van der Waals surface area contributed by atoms with E-state index >= 15 is 0 Å². The van der Waals surface area contributed by atoms with Crippen molar-refractivity contribution in [2.45, 2.75) is 6.92 Å². The van der Waals surface area contributed by atoms with Crippen LogP contribution < -0.4 is 10.5 Å². The van der Waals surface area contributed by atoms with Crippen molar-refractivity contribution in [3.05, 3.63) is 58.7 Å². The molecule has 0 spiro atoms. The fourth-order valence-electron chi connectivity index (χ4n) is 1.90. The zero-order valence-electron chi connectivity index (χ0n) is 11.0. The standard InChI is InChI=1S/C15H13F2NO2/c1-8-4-3-5-10(14(8)18)15(19)13-11(16)6-9(20-2)7-12(13)17/h3-7H,18H2,1-2H3. The Balaban J connectivity index is 2.57. The zero-order valence-corrected chi connectivity index (χ0v) is 11.0. The van der Waals surface area contributed by atoms with Gasteiger partial charge in [0.25, 0.3) is 0 Å². The van der Waals surface area contributed by atoms with Crippen LogP contribution in [-0.2, 0) is 0 Å². The van der Waals surface area contributed by atoms with E-state index in [0.29, 0.717) is 5.56 Å². The normalized spacial score (nSPS) is 10.4. The molecule has 0 unspecified atom stereocenters. The van der Waals surface area contributed by atoms with Crippen LogP contribution in [0.15, 0.2) is 30.3 Å². The highest BCUT2D eigenvalue weighted by Crippen LogP contribution is 2.26. The summed E-state index contributed by atoms with van der Waals surface area (Å²) in [6.07, 6.45) is 0. The molecule has 0 aliphatic carbocycles. The predicted molar refractivity (Wildman–Crippen MR) is 71.9 cm³/mol. The Hall–Kier alpha value is -2.43. The summed E-state index contributed by atoms with van der Waals surface area (Å²) in [5, 5.41) is 0. The lowest BCUT2D eigenvalue weighted by Crippen LogP contribution is -2.11. The van der Waals surface area contributed by atoms with Gasteiger partial charge in [-0.25, -0.2) is 8.78 Å². The van der Waals surface area contributed by atoms with E-state index in [-0.39, 0.29) is 17.0 Å². The van der Waals surface area contributed by atoms with Crippen molar-refractivity contribution in [2.24, 2.45) is 0 Å². The Morgan fingerprint density at radius 1 is 1.20 bits per heavy atom. The Morgan fingerprint density at radius 2 is 1.80 bits per heavy atom. The number of halogens is 2. The highest BCUT2D eigenvalue weighted by atomic mass is 19.1. The molecule has 2 aromatic rings. The molecule has 20 heavy (non-hydrogen) atoms. The van der Waals surface area contributed by atoms with Crippen molar-refractivity contribution < 1.29 is 18.3 Å². The monoisotopic (exact) mass is 277 g/mol. The average molecular weight is 277 g/mol. The van der Waals surface area contributed by atoms with E-state index in [9.17, 15) is 13.6 Å².